The van der Waals surface area contributed by atoms with E-state index in [2.05, 4.69) is 47.9 Å². The van der Waals surface area contributed by atoms with Gasteiger partial charge in [-0.1, -0.05) is 127 Å². The van der Waals surface area contributed by atoms with Gasteiger partial charge in [-0.15, -0.1) is 0 Å². The molecule has 0 fully saturated rings. The minimum atomic E-state index is -4.23. The average molecular weight is 644 g/mol. The van der Waals surface area contributed by atoms with Gasteiger partial charge in [0.05, 0.1) is 19.8 Å². The molecule has 258 valence electrons. The third-order valence-corrected chi connectivity index (χ3v) is 8.09. The lowest BCUT2D eigenvalue weighted by Gasteiger charge is -2.19. The third kappa shape index (κ3) is 33.6. The molecule has 0 aromatic heterocycles. The van der Waals surface area contributed by atoms with Crippen LogP contribution in [0, 0.1) is 0 Å². The summed E-state index contributed by atoms with van der Waals surface area (Å²) >= 11 is 0. The molecule has 44 heavy (non-hydrogen) atoms. The molecule has 0 aliphatic carbocycles. The smallest absolute Gasteiger partial charge is 0.458 e. The molecule has 3 N–H and O–H groups in total. The molecular formula is C35H66NO7P. The highest BCUT2D eigenvalue weighted by Crippen LogP contribution is 2.43. The van der Waals surface area contributed by atoms with Gasteiger partial charge < -0.3 is 20.1 Å². The number of hydrogen-bond donors (Lipinski definition) is 2. The number of nitrogens with two attached hydrogens (primary N) is 1. The summed E-state index contributed by atoms with van der Waals surface area (Å²) < 4.78 is 32.0. The van der Waals surface area contributed by atoms with E-state index in [1.165, 1.54) is 110 Å². The zero-order chi connectivity index (χ0) is 32.4. The van der Waals surface area contributed by atoms with Gasteiger partial charge in [-0.05, 0) is 44.9 Å². The van der Waals surface area contributed by atoms with Crippen molar-refractivity contribution in [1.29, 1.82) is 0 Å². The summed E-state index contributed by atoms with van der Waals surface area (Å²) in [5, 5.41) is 0. The average Bonchev–Trinajstić information content (AvgIpc) is 3.00. The molecule has 0 saturated carbocycles. The summed E-state index contributed by atoms with van der Waals surface area (Å²) in [6.45, 7) is 3.89. The van der Waals surface area contributed by atoms with Gasteiger partial charge in [0.15, 0.2) is 0 Å². The Hall–Kier alpha value is -1.28. The maximum absolute atomic E-state index is 11.7. The van der Waals surface area contributed by atoms with E-state index >= 15 is 0 Å². The van der Waals surface area contributed by atoms with Crippen molar-refractivity contribution in [3.05, 3.63) is 36.5 Å². The molecule has 8 nitrogen and oxygen atoms in total. The van der Waals surface area contributed by atoms with Crippen LogP contribution in [0.15, 0.2) is 36.5 Å². The molecule has 0 rings (SSSR count). The molecule has 0 saturated heterocycles. The minimum Gasteiger partial charge on any atom is -0.458 e. The second-order valence-electron chi connectivity index (χ2n) is 11.5. The van der Waals surface area contributed by atoms with Gasteiger partial charge in [0.25, 0.3) is 0 Å². The van der Waals surface area contributed by atoms with Crippen LogP contribution in [0.2, 0.25) is 0 Å². The molecule has 0 heterocycles. The maximum Gasteiger partial charge on any atom is 0.472 e. The molecule has 0 aromatic rings. The van der Waals surface area contributed by atoms with E-state index < -0.39 is 19.9 Å². The second kappa shape index (κ2) is 33.1. The largest absolute Gasteiger partial charge is 0.472 e. The number of unbranched alkanes of at least 4 members (excludes halogenated alkanes) is 16. The highest BCUT2D eigenvalue weighted by Gasteiger charge is 2.24. The first-order chi connectivity index (χ1) is 21.4. The van der Waals surface area contributed by atoms with Crippen LogP contribution in [0.3, 0.4) is 0 Å². The van der Waals surface area contributed by atoms with Crippen molar-refractivity contribution in [2.75, 3.05) is 33.0 Å². The number of rotatable bonds is 33. The first-order valence-corrected chi connectivity index (χ1v) is 18.9. The third-order valence-electron chi connectivity index (χ3n) is 7.11. The van der Waals surface area contributed by atoms with Crippen molar-refractivity contribution >= 4 is 13.8 Å². The molecule has 9 heteroatoms. The van der Waals surface area contributed by atoms with Gasteiger partial charge in [0.1, 0.15) is 6.10 Å². The number of ether oxygens (including phenoxy) is 2. The molecule has 0 aliphatic heterocycles. The van der Waals surface area contributed by atoms with Crippen LogP contribution >= 0.6 is 7.82 Å². The fraction of sp³-hybridized carbons (Fsp3) is 0.800. The van der Waals surface area contributed by atoms with Crippen molar-refractivity contribution in [2.24, 2.45) is 5.73 Å². The summed E-state index contributed by atoms with van der Waals surface area (Å²) in [6.07, 6.45) is 38.0. The Morgan fingerprint density at radius 3 is 1.66 bits per heavy atom. The number of carbonyl (C=O) groups is 1. The van der Waals surface area contributed by atoms with Crippen molar-refractivity contribution in [3.8, 4) is 0 Å². The van der Waals surface area contributed by atoms with E-state index in [4.69, 9.17) is 19.7 Å². The number of hydrogen-bond acceptors (Lipinski definition) is 7. The Balaban J connectivity index is 3.52. The van der Waals surface area contributed by atoms with Gasteiger partial charge in [-0.2, -0.15) is 0 Å². The van der Waals surface area contributed by atoms with Crippen LogP contribution in [-0.2, 0) is 27.9 Å². The predicted molar refractivity (Wildman–Crippen MR) is 183 cm³/mol. The standard InChI is InChI=1S/C35H66NO7P/c1-3-4-5-6-7-8-9-10-11-12-13-14-15-16-17-18-19-20-21-22-23-24-25-26-27-28-30-40-32-35(43-34(2)37)33-42-44(38,39)41-31-29-36/h9-10,12-13,15-16,35H,3-8,11,14,17-33,36H2,1-2H3,(H,38,39)/b10-9-,13-12-,16-15-. The van der Waals surface area contributed by atoms with Gasteiger partial charge in [0, 0.05) is 20.1 Å². The Morgan fingerprint density at radius 2 is 1.16 bits per heavy atom. The molecule has 2 unspecified atom stereocenters. The molecule has 0 aliphatic rings. The molecule has 0 radical (unpaired) electrons. The van der Waals surface area contributed by atoms with Crippen molar-refractivity contribution in [2.45, 2.75) is 148 Å². The summed E-state index contributed by atoms with van der Waals surface area (Å²) in [5.74, 6) is -0.508. The number of phosphoric acid groups is 1. The number of esters is 1. The summed E-state index contributed by atoms with van der Waals surface area (Å²) in [7, 11) is -4.23. The first kappa shape index (κ1) is 42.7. The van der Waals surface area contributed by atoms with Crippen LogP contribution in [-0.4, -0.2) is 49.9 Å². The van der Waals surface area contributed by atoms with Crippen LogP contribution < -0.4 is 5.73 Å². The minimum absolute atomic E-state index is 0.0968. The van der Waals surface area contributed by atoms with E-state index in [0.717, 1.165) is 25.7 Å². The molecule has 0 amide bonds. The quantitative estimate of drug-likeness (QED) is 0.0314. The number of carbonyl (C=O) groups excluding carboxylic acids is 1. The summed E-state index contributed by atoms with van der Waals surface area (Å²) in [4.78, 5) is 20.9. The van der Waals surface area contributed by atoms with E-state index in [9.17, 15) is 14.3 Å². The first-order valence-electron chi connectivity index (χ1n) is 17.4. The second-order valence-corrected chi connectivity index (χ2v) is 12.9. The zero-order valence-electron chi connectivity index (χ0n) is 28.1. The molecule has 0 aromatic carbocycles. The van der Waals surface area contributed by atoms with Crippen molar-refractivity contribution in [1.82, 2.24) is 0 Å². The highest BCUT2D eigenvalue weighted by atomic mass is 31.2. The summed E-state index contributed by atoms with van der Waals surface area (Å²) in [5.41, 5.74) is 5.26. The Morgan fingerprint density at radius 1 is 0.682 bits per heavy atom. The highest BCUT2D eigenvalue weighted by molar-refractivity contribution is 7.47. The summed E-state index contributed by atoms with van der Waals surface area (Å²) in [6, 6.07) is 0. The Kier molecular flexibility index (Phi) is 32.1. The van der Waals surface area contributed by atoms with Crippen LogP contribution in [0.1, 0.15) is 142 Å². The van der Waals surface area contributed by atoms with Gasteiger partial charge in [0.2, 0.25) is 0 Å². The lowest BCUT2D eigenvalue weighted by Crippen LogP contribution is -2.27. The SMILES string of the molecule is CCCCCCC/C=C\C/C=C\C/C=C\CCCCCCCCCCCCCOCC(COP(=O)(O)OCCN)OC(C)=O. The van der Waals surface area contributed by atoms with E-state index in [1.54, 1.807) is 0 Å². The predicted octanol–water partition coefficient (Wildman–Crippen LogP) is 9.52. The maximum atomic E-state index is 11.7. The molecule has 0 bridgehead atoms. The fourth-order valence-corrected chi connectivity index (χ4v) is 5.41. The van der Waals surface area contributed by atoms with Crippen molar-refractivity contribution < 1.29 is 32.8 Å². The van der Waals surface area contributed by atoms with Crippen LogP contribution in [0.25, 0.3) is 0 Å². The monoisotopic (exact) mass is 643 g/mol. The Bertz CT molecular complexity index is 772. The zero-order valence-corrected chi connectivity index (χ0v) is 29.0. The molecular weight excluding hydrogens is 577 g/mol. The normalized spacial score (nSPS) is 14.2. The topological polar surface area (TPSA) is 117 Å². The Labute approximate surface area is 269 Å². The van der Waals surface area contributed by atoms with Gasteiger partial charge in [-0.3, -0.25) is 13.8 Å². The van der Waals surface area contributed by atoms with Gasteiger partial charge in [-0.25, -0.2) is 4.57 Å². The van der Waals surface area contributed by atoms with E-state index in [-0.39, 0.29) is 26.4 Å². The van der Waals surface area contributed by atoms with E-state index in [0.29, 0.717) is 6.61 Å². The lowest BCUT2D eigenvalue weighted by atomic mass is 10.1. The lowest BCUT2D eigenvalue weighted by molar-refractivity contribution is -0.151. The number of allylic oxidation sites excluding steroid dienone is 6. The van der Waals surface area contributed by atoms with Gasteiger partial charge >= 0.3 is 13.8 Å². The van der Waals surface area contributed by atoms with Crippen LogP contribution in [0.4, 0.5) is 0 Å². The fourth-order valence-electron chi connectivity index (χ4n) is 4.65. The van der Waals surface area contributed by atoms with E-state index in [1.807, 2.05) is 0 Å². The van der Waals surface area contributed by atoms with Crippen molar-refractivity contribution in [3.63, 3.8) is 0 Å². The molecule has 0 spiro atoms. The van der Waals surface area contributed by atoms with Crippen LogP contribution in [0.5, 0.6) is 0 Å². The number of phosphoric ester groups is 1. The molecule has 2 atom stereocenters.